The van der Waals surface area contributed by atoms with Gasteiger partial charge in [0.05, 0.1) is 34.5 Å². The van der Waals surface area contributed by atoms with E-state index in [1.807, 2.05) is 6.07 Å². The van der Waals surface area contributed by atoms with Crippen LogP contribution < -0.4 is 16.0 Å². The molecule has 3 aromatic heterocycles. The van der Waals surface area contributed by atoms with Crippen molar-refractivity contribution in [3.05, 3.63) is 60.2 Å². The predicted molar refractivity (Wildman–Crippen MR) is 115 cm³/mol. The molecule has 166 valence electrons. The number of nitrogens with zero attached hydrogens (tertiary/aromatic N) is 4. The number of pyridine rings is 3. The van der Waals surface area contributed by atoms with E-state index in [0.29, 0.717) is 5.69 Å². The summed E-state index contributed by atoms with van der Waals surface area (Å²) in [4.78, 5) is 27.2. The maximum atomic E-state index is 13.4. The predicted octanol–water partition coefficient (Wildman–Crippen LogP) is 4.38. The van der Waals surface area contributed by atoms with E-state index >= 15 is 0 Å². The molecule has 0 aliphatic carbocycles. The summed E-state index contributed by atoms with van der Waals surface area (Å²) in [5.74, 6) is -0.639. The third-order valence-electron chi connectivity index (χ3n) is 5.24. The van der Waals surface area contributed by atoms with Gasteiger partial charge in [-0.3, -0.25) is 14.8 Å². The van der Waals surface area contributed by atoms with Crippen LogP contribution in [0.2, 0.25) is 0 Å². The number of amides is 1. The molecule has 0 spiro atoms. The maximum Gasteiger partial charge on any atom is 0.418 e. The molecule has 4 heterocycles. The minimum Gasteiger partial charge on any atom is -0.397 e. The van der Waals surface area contributed by atoms with Crippen molar-refractivity contribution in [1.82, 2.24) is 15.0 Å². The molecule has 32 heavy (non-hydrogen) atoms. The minimum absolute atomic E-state index is 0.0409. The van der Waals surface area contributed by atoms with Crippen LogP contribution in [0.25, 0.3) is 11.4 Å². The first-order chi connectivity index (χ1) is 15.3. The molecule has 7 nitrogen and oxygen atoms in total. The second-order valence-corrected chi connectivity index (χ2v) is 7.43. The van der Waals surface area contributed by atoms with E-state index in [0.717, 1.165) is 44.1 Å². The number of carbonyl (C=O) groups is 1. The van der Waals surface area contributed by atoms with Gasteiger partial charge < -0.3 is 16.0 Å². The molecule has 1 amide bonds. The number of piperidine rings is 1. The topological polar surface area (TPSA) is 97.0 Å². The minimum atomic E-state index is -4.62. The monoisotopic (exact) mass is 442 g/mol. The molecule has 0 saturated carbocycles. The molecule has 1 aliphatic heterocycles. The number of anilines is 3. The van der Waals surface area contributed by atoms with Gasteiger partial charge in [0.25, 0.3) is 5.91 Å². The van der Waals surface area contributed by atoms with Gasteiger partial charge in [0.2, 0.25) is 0 Å². The van der Waals surface area contributed by atoms with Crippen molar-refractivity contribution < 1.29 is 18.0 Å². The third-order valence-corrected chi connectivity index (χ3v) is 5.24. The fraction of sp³-hybridized carbons (Fsp3) is 0.273. The number of alkyl halides is 3. The fourth-order valence-electron chi connectivity index (χ4n) is 3.70. The average Bonchev–Trinajstić information content (AvgIpc) is 2.80. The van der Waals surface area contributed by atoms with E-state index < -0.39 is 17.6 Å². The molecule has 10 heteroatoms. The smallest absolute Gasteiger partial charge is 0.397 e. The summed E-state index contributed by atoms with van der Waals surface area (Å²) in [5, 5.41) is 2.76. The summed E-state index contributed by atoms with van der Waals surface area (Å²) in [7, 11) is 0. The first-order valence-electron chi connectivity index (χ1n) is 10.1. The summed E-state index contributed by atoms with van der Waals surface area (Å²) in [5.41, 5.74) is 5.69. The van der Waals surface area contributed by atoms with Crippen molar-refractivity contribution in [1.29, 1.82) is 0 Å². The summed E-state index contributed by atoms with van der Waals surface area (Å²) < 4.78 is 40.2. The molecule has 4 rings (SSSR count). The van der Waals surface area contributed by atoms with Gasteiger partial charge in [-0.05, 0) is 49.6 Å². The molecular formula is C22H21F3N6O. The lowest BCUT2D eigenvalue weighted by molar-refractivity contribution is -0.137. The number of hydrogen-bond acceptors (Lipinski definition) is 6. The molecule has 3 aromatic rings. The van der Waals surface area contributed by atoms with Crippen LogP contribution in [0.3, 0.4) is 0 Å². The summed E-state index contributed by atoms with van der Waals surface area (Å²) in [6.45, 7) is 1.73. The van der Waals surface area contributed by atoms with Crippen LogP contribution in [0, 0.1) is 0 Å². The number of rotatable bonds is 4. The zero-order chi connectivity index (χ0) is 22.7. The summed E-state index contributed by atoms with van der Waals surface area (Å²) in [6.07, 6.45) is 3.06. The van der Waals surface area contributed by atoms with Crippen molar-refractivity contribution >= 4 is 23.0 Å². The number of nitrogens with two attached hydrogens (primary N) is 1. The Morgan fingerprint density at radius 2 is 1.84 bits per heavy atom. The van der Waals surface area contributed by atoms with E-state index in [-0.39, 0.29) is 22.8 Å². The number of nitrogen functional groups attached to an aromatic ring is 1. The zero-order valence-electron chi connectivity index (χ0n) is 17.1. The van der Waals surface area contributed by atoms with Gasteiger partial charge in [0, 0.05) is 25.5 Å². The number of aromatic nitrogens is 3. The highest BCUT2D eigenvalue weighted by Gasteiger charge is 2.35. The van der Waals surface area contributed by atoms with Gasteiger partial charge in [-0.15, -0.1) is 0 Å². The Bertz CT molecular complexity index is 1130. The summed E-state index contributed by atoms with van der Waals surface area (Å²) >= 11 is 0. The highest BCUT2D eigenvalue weighted by atomic mass is 19.4. The second kappa shape index (κ2) is 8.81. The molecule has 1 saturated heterocycles. The lowest BCUT2D eigenvalue weighted by Gasteiger charge is -2.30. The van der Waals surface area contributed by atoms with Crippen molar-refractivity contribution in [2.75, 3.05) is 29.0 Å². The Morgan fingerprint density at radius 3 is 2.59 bits per heavy atom. The van der Waals surface area contributed by atoms with Gasteiger partial charge in [-0.25, -0.2) is 4.98 Å². The van der Waals surface area contributed by atoms with Gasteiger partial charge in [-0.1, -0.05) is 0 Å². The number of hydrogen-bond donors (Lipinski definition) is 2. The number of nitrogens with one attached hydrogen (secondary N) is 1. The van der Waals surface area contributed by atoms with Gasteiger partial charge in [0.15, 0.2) is 5.69 Å². The molecule has 0 unspecified atom stereocenters. The molecule has 0 bridgehead atoms. The summed E-state index contributed by atoms with van der Waals surface area (Å²) in [6, 6.07) is 6.59. The second-order valence-electron chi connectivity index (χ2n) is 7.43. The number of halogens is 3. The van der Waals surface area contributed by atoms with Crippen LogP contribution >= 0.6 is 0 Å². The van der Waals surface area contributed by atoms with Crippen LogP contribution in [0.5, 0.6) is 0 Å². The van der Waals surface area contributed by atoms with Crippen molar-refractivity contribution in [2.45, 2.75) is 25.4 Å². The largest absolute Gasteiger partial charge is 0.418 e. The molecule has 0 radical (unpaired) electrons. The molecule has 1 aliphatic rings. The Kier molecular flexibility index (Phi) is 5.93. The molecule has 1 fully saturated rings. The molecule has 0 aromatic carbocycles. The lowest BCUT2D eigenvalue weighted by atomic mass is 10.1. The highest BCUT2D eigenvalue weighted by molar-refractivity contribution is 6.07. The van der Waals surface area contributed by atoms with Crippen molar-refractivity contribution in [2.24, 2.45) is 0 Å². The fourth-order valence-corrected chi connectivity index (χ4v) is 3.70. The van der Waals surface area contributed by atoms with Crippen LogP contribution in [0.15, 0.2) is 48.9 Å². The van der Waals surface area contributed by atoms with Gasteiger partial charge in [-0.2, -0.15) is 13.2 Å². The Balaban J connectivity index is 1.66. The van der Waals surface area contributed by atoms with E-state index in [9.17, 15) is 18.0 Å². The quantitative estimate of drug-likeness (QED) is 0.622. The standard InChI is InChI=1S/C22H21F3N6O/c23-22(24,25)14-5-4-9-28-19(14)16-7-6-15(26)20(29-16)21(32)30-17-13-27-10-8-18(17)31-11-2-1-3-12-31/h4-10,13H,1-3,11-12,26H2,(H,30,32). The first-order valence-corrected chi connectivity index (χ1v) is 10.1. The maximum absolute atomic E-state index is 13.4. The first kappa shape index (κ1) is 21.5. The van der Waals surface area contributed by atoms with Crippen LogP contribution in [0.1, 0.15) is 35.3 Å². The molecular weight excluding hydrogens is 421 g/mol. The van der Waals surface area contributed by atoms with E-state index in [2.05, 4.69) is 25.2 Å². The van der Waals surface area contributed by atoms with E-state index in [1.54, 1.807) is 6.20 Å². The Hall–Kier alpha value is -3.69. The SMILES string of the molecule is Nc1ccc(-c2ncccc2C(F)(F)F)nc1C(=O)Nc1cnccc1N1CCCCC1. The number of carbonyl (C=O) groups excluding carboxylic acids is 1. The Labute approximate surface area is 182 Å². The van der Waals surface area contributed by atoms with Crippen LogP contribution in [0.4, 0.5) is 30.2 Å². The third kappa shape index (κ3) is 4.48. The van der Waals surface area contributed by atoms with Crippen molar-refractivity contribution in [3.63, 3.8) is 0 Å². The van der Waals surface area contributed by atoms with E-state index in [1.165, 1.54) is 30.6 Å². The molecule has 3 N–H and O–H groups in total. The van der Waals surface area contributed by atoms with Crippen LogP contribution in [-0.2, 0) is 6.18 Å². The van der Waals surface area contributed by atoms with Gasteiger partial charge in [0.1, 0.15) is 5.69 Å². The van der Waals surface area contributed by atoms with Crippen LogP contribution in [-0.4, -0.2) is 33.9 Å². The lowest BCUT2D eigenvalue weighted by Crippen LogP contribution is -2.30. The average molecular weight is 442 g/mol. The van der Waals surface area contributed by atoms with E-state index in [4.69, 9.17) is 5.73 Å². The molecule has 0 atom stereocenters. The zero-order valence-corrected chi connectivity index (χ0v) is 17.1. The Morgan fingerprint density at radius 1 is 1.06 bits per heavy atom. The van der Waals surface area contributed by atoms with Crippen molar-refractivity contribution in [3.8, 4) is 11.4 Å². The highest BCUT2D eigenvalue weighted by Crippen LogP contribution is 2.35. The van der Waals surface area contributed by atoms with Gasteiger partial charge >= 0.3 is 6.18 Å². The normalized spacial score (nSPS) is 14.3.